The van der Waals surface area contributed by atoms with E-state index in [9.17, 15) is 14.0 Å². The van der Waals surface area contributed by atoms with Crippen LogP contribution in [0.4, 0.5) is 10.1 Å². The van der Waals surface area contributed by atoms with E-state index in [-0.39, 0.29) is 28.6 Å². The van der Waals surface area contributed by atoms with Gasteiger partial charge < -0.3 is 15.1 Å². The van der Waals surface area contributed by atoms with E-state index in [1.54, 1.807) is 0 Å². The minimum Gasteiger partial charge on any atom is -0.371 e. The lowest BCUT2D eigenvalue weighted by Crippen LogP contribution is -2.45. The second-order valence-electron chi connectivity index (χ2n) is 10.6. The number of piperidine rings is 1. The van der Waals surface area contributed by atoms with Crippen LogP contribution in [0.2, 0.25) is 5.02 Å². The molecule has 1 fully saturated rings. The average Bonchev–Trinajstić information content (AvgIpc) is 3.39. The maximum absolute atomic E-state index is 13.7. The molecule has 8 heteroatoms. The van der Waals surface area contributed by atoms with E-state index < -0.39 is 11.7 Å². The van der Waals surface area contributed by atoms with Gasteiger partial charge in [0.05, 0.1) is 16.6 Å². The highest BCUT2D eigenvalue weighted by Gasteiger charge is 2.29. The molecule has 4 aromatic rings. The largest absolute Gasteiger partial charge is 0.371 e. The molecule has 1 atom stereocenters. The van der Waals surface area contributed by atoms with Gasteiger partial charge in [0.1, 0.15) is 5.82 Å². The van der Waals surface area contributed by atoms with Crippen LogP contribution in [-0.4, -0.2) is 47.9 Å². The number of carbonyl (C=O) groups is 2. The van der Waals surface area contributed by atoms with E-state index in [4.69, 9.17) is 11.6 Å². The van der Waals surface area contributed by atoms with Crippen molar-refractivity contribution in [3.63, 3.8) is 0 Å². The Morgan fingerprint density at radius 1 is 1.00 bits per heavy atom. The SMILES string of the molecule is CN(C(=O)c1ccc2c(c1)C(NC(=O)c1cc(F)ccc1Cl)CC2)C1CCN(c2ccc3cnccc3c2)CC1. The summed E-state index contributed by atoms with van der Waals surface area (Å²) in [5.74, 6) is -0.964. The minimum atomic E-state index is -0.516. The summed E-state index contributed by atoms with van der Waals surface area (Å²) in [7, 11) is 1.88. The Hall–Kier alpha value is -3.97. The number of amides is 2. The molecular formula is C32H30ClFN4O2. The minimum absolute atomic E-state index is 0.0235. The summed E-state index contributed by atoms with van der Waals surface area (Å²) in [5, 5.41) is 5.48. The first-order valence-electron chi connectivity index (χ1n) is 13.6. The molecule has 0 saturated carbocycles. The zero-order valence-electron chi connectivity index (χ0n) is 22.2. The normalized spacial score (nSPS) is 17.1. The van der Waals surface area contributed by atoms with Crippen molar-refractivity contribution in [1.29, 1.82) is 0 Å². The van der Waals surface area contributed by atoms with Crippen molar-refractivity contribution >= 4 is 39.9 Å². The average molecular weight is 557 g/mol. The molecule has 2 heterocycles. The molecule has 1 aliphatic heterocycles. The number of pyridine rings is 1. The van der Waals surface area contributed by atoms with E-state index in [1.165, 1.54) is 23.2 Å². The molecule has 1 aromatic heterocycles. The van der Waals surface area contributed by atoms with Crippen molar-refractivity contribution < 1.29 is 14.0 Å². The summed E-state index contributed by atoms with van der Waals surface area (Å²) in [6.07, 6.45) is 6.97. The number of fused-ring (bicyclic) bond motifs is 2. The van der Waals surface area contributed by atoms with Gasteiger partial charge >= 0.3 is 0 Å². The van der Waals surface area contributed by atoms with Crippen molar-refractivity contribution in [3.8, 4) is 0 Å². The van der Waals surface area contributed by atoms with Crippen LogP contribution >= 0.6 is 11.6 Å². The van der Waals surface area contributed by atoms with Crippen LogP contribution in [0.5, 0.6) is 0 Å². The number of benzene rings is 3. The molecule has 2 aliphatic rings. The monoisotopic (exact) mass is 556 g/mol. The van der Waals surface area contributed by atoms with Gasteiger partial charge in [0.15, 0.2) is 0 Å². The summed E-state index contributed by atoms with van der Waals surface area (Å²) in [5.41, 5.74) is 3.94. The first-order valence-corrected chi connectivity index (χ1v) is 14.0. The summed E-state index contributed by atoms with van der Waals surface area (Å²) in [4.78, 5) is 34.8. The van der Waals surface area contributed by atoms with E-state index in [0.717, 1.165) is 54.9 Å². The predicted octanol–water partition coefficient (Wildman–Crippen LogP) is 6.19. The van der Waals surface area contributed by atoms with Gasteiger partial charge in [-0.3, -0.25) is 14.6 Å². The van der Waals surface area contributed by atoms with Gasteiger partial charge in [-0.15, -0.1) is 0 Å². The number of nitrogens with zero attached hydrogens (tertiary/aromatic N) is 3. The Morgan fingerprint density at radius 2 is 1.82 bits per heavy atom. The lowest BCUT2D eigenvalue weighted by molar-refractivity contribution is 0.0709. The molecule has 1 aliphatic carbocycles. The number of rotatable bonds is 5. The number of aromatic nitrogens is 1. The van der Waals surface area contributed by atoms with Crippen molar-refractivity contribution in [3.05, 3.63) is 106 Å². The first-order chi connectivity index (χ1) is 19.4. The van der Waals surface area contributed by atoms with E-state index in [1.807, 2.05) is 48.6 Å². The lowest BCUT2D eigenvalue weighted by Gasteiger charge is -2.38. The topological polar surface area (TPSA) is 65.5 Å². The molecule has 2 amide bonds. The third-order valence-electron chi connectivity index (χ3n) is 8.27. The fraction of sp³-hybridized carbons (Fsp3) is 0.281. The highest BCUT2D eigenvalue weighted by molar-refractivity contribution is 6.33. The van der Waals surface area contributed by atoms with Crippen LogP contribution in [0.1, 0.15) is 57.1 Å². The summed E-state index contributed by atoms with van der Waals surface area (Å²) in [6.45, 7) is 1.75. The van der Waals surface area contributed by atoms with Crippen molar-refractivity contribution in [1.82, 2.24) is 15.2 Å². The molecule has 0 radical (unpaired) electrons. The number of hydrogen-bond donors (Lipinski definition) is 1. The molecule has 204 valence electrons. The molecule has 6 nitrogen and oxygen atoms in total. The molecule has 1 unspecified atom stereocenters. The van der Waals surface area contributed by atoms with Gasteiger partial charge in [0.2, 0.25) is 0 Å². The molecule has 1 saturated heterocycles. The quantitative estimate of drug-likeness (QED) is 0.318. The highest BCUT2D eigenvalue weighted by atomic mass is 35.5. The van der Waals surface area contributed by atoms with Crippen LogP contribution in [-0.2, 0) is 6.42 Å². The second-order valence-corrected chi connectivity index (χ2v) is 11.1. The van der Waals surface area contributed by atoms with Gasteiger partial charge in [0, 0.05) is 55.2 Å². The number of hydrogen-bond acceptors (Lipinski definition) is 4. The molecule has 3 aromatic carbocycles. The highest BCUT2D eigenvalue weighted by Crippen LogP contribution is 2.33. The maximum Gasteiger partial charge on any atom is 0.253 e. The number of halogens is 2. The smallest absolute Gasteiger partial charge is 0.253 e. The second kappa shape index (κ2) is 10.9. The van der Waals surface area contributed by atoms with Crippen LogP contribution in [0.25, 0.3) is 10.8 Å². The molecule has 0 bridgehead atoms. The Labute approximate surface area is 237 Å². The molecule has 1 N–H and O–H groups in total. The Morgan fingerprint density at radius 3 is 2.65 bits per heavy atom. The van der Waals surface area contributed by atoms with Gasteiger partial charge in [-0.25, -0.2) is 4.39 Å². The molecule has 0 spiro atoms. The Balaban J connectivity index is 1.11. The lowest BCUT2D eigenvalue weighted by atomic mass is 9.99. The Bertz CT molecular complexity index is 1600. The molecular weight excluding hydrogens is 527 g/mol. The maximum atomic E-state index is 13.7. The number of anilines is 1. The standard InChI is InChI=1S/C32H30ClFN4O2/c1-37(25-11-14-38(15-12-25)26-7-4-23-19-35-13-10-21(23)16-26)32(40)22-3-2-20-5-9-30(27(20)17-22)36-31(39)28-18-24(34)6-8-29(28)33/h2-4,6-8,10,13,16-19,25,30H,5,9,11-12,14-15H2,1H3,(H,36,39). The zero-order chi connectivity index (χ0) is 27.8. The predicted molar refractivity (Wildman–Crippen MR) is 155 cm³/mol. The van der Waals surface area contributed by atoms with Crippen LogP contribution < -0.4 is 10.2 Å². The van der Waals surface area contributed by atoms with Gasteiger partial charge in [-0.05, 0) is 90.7 Å². The fourth-order valence-electron chi connectivity index (χ4n) is 5.94. The first kappa shape index (κ1) is 26.3. The summed E-state index contributed by atoms with van der Waals surface area (Å²) >= 11 is 6.14. The van der Waals surface area contributed by atoms with Gasteiger partial charge in [-0.1, -0.05) is 23.7 Å². The third kappa shape index (κ3) is 5.13. The number of carbonyl (C=O) groups excluding carboxylic acids is 2. The van der Waals surface area contributed by atoms with Crippen LogP contribution in [0.3, 0.4) is 0 Å². The van der Waals surface area contributed by atoms with Crippen LogP contribution in [0, 0.1) is 5.82 Å². The summed E-state index contributed by atoms with van der Waals surface area (Å²) < 4.78 is 13.7. The van der Waals surface area contributed by atoms with E-state index in [2.05, 4.69) is 33.4 Å². The van der Waals surface area contributed by atoms with Crippen LogP contribution in [0.15, 0.2) is 73.1 Å². The Kier molecular flexibility index (Phi) is 7.15. The zero-order valence-corrected chi connectivity index (χ0v) is 23.0. The number of nitrogens with one attached hydrogen (secondary N) is 1. The third-order valence-corrected chi connectivity index (χ3v) is 8.60. The van der Waals surface area contributed by atoms with Crippen molar-refractivity contribution in [2.24, 2.45) is 0 Å². The van der Waals surface area contributed by atoms with E-state index >= 15 is 0 Å². The fourth-order valence-corrected chi connectivity index (χ4v) is 6.14. The summed E-state index contributed by atoms with van der Waals surface area (Å²) in [6, 6.07) is 17.9. The molecule has 6 rings (SSSR count). The van der Waals surface area contributed by atoms with E-state index in [0.29, 0.717) is 12.0 Å². The number of aryl methyl sites for hydroxylation is 1. The van der Waals surface area contributed by atoms with Crippen molar-refractivity contribution in [2.75, 3.05) is 25.0 Å². The molecule has 40 heavy (non-hydrogen) atoms. The van der Waals surface area contributed by atoms with Crippen molar-refractivity contribution in [2.45, 2.75) is 37.8 Å². The van der Waals surface area contributed by atoms with Gasteiger partial charge in [-0.2, -0.15) is 0 Å². The van der Waals surface area contributed by atoms with Gasteiger partial charge in [0.25, 0.3) is 11.8 Å².